The fraction of sp³-hybridized carbons (Fsp3) is 0.312. The zero-order valence-electron chi connectivity index (χ0n) is 23.8. The average Bonchev–Trinajstić information content (AvgIpc) is 3.43. The predicted octanol–water partition coefficient (Wildman–Crippen LogP) is 3.14. The highest BCUT2D eigenvalue weighted by Crippen LogP contribution is 2.35. The largest absolute Gasteiger partial charge is 0.480 e. The van der Waals surface area contributed by atoms with E-state index in [1.165, 1.54) is 0 Å². The number of amides is 1. The van der Waals surface area contributed by atoms with Gasteiger partial charge in [-0.3, -0.25) is 9.59 Å². The minimum atomic E-state index is -3.24. The summed E-state index contributed by atoms with van der Waals surface area (Å²) in [6, 6.07) is 25.1. The van der Waals surface area contributed by atoms with E-state index < -0.39 is 66.9 Å². The standard InChI is InChI=1S/C32H33NO11/c1-20(33(18-27(35)36)29(37)28-26(19-34)43-32(44-28,30(38)39)31(40)41)25(17-12-21-8-4-2-5-9-21)22-13-15-24(16-14-22)42-23-10-6-3-7-11-23/h2-11,13-16,20,25-26,28,34H,12,17-19H2,1H3,(H,35,36)(H,38,39)(H,40,41)/t20-,25+,26-,28+/m1/s1. The van der Waals surface area contributed by atoms with Crippen LogP contribution in [0.3, 0.4) is 0 Å². The van der Waals surface area contributed by atoms with Crippen LogP contribution >= 0.6 is 0 Å². The van der Waals surface area contributed by atoms with E-state index in [0.29, 0.717) is 24.3 Å². The third kappa shape index (κ3) is 7.22. The first-order valence-electron chi connectivity index (χ1n) is 13.9. The minimum absolute atomic E-state index is 0.442. The van der Waals surface area contributed by atoms with E-state index >= 15 is 0 Å². The van der Waals surface area contributed by atoms with Crippen molar-refractivity contribution < 1.29 is 53.8 Å². The van der Waals surface area contributed by atoms with Gasteiger partial charge in [0.25, 0.3) is 5.91 Å². The summed E-state index contributed by atoms with van der Waals surface area (Å²) in [5, 5.41) is 38.6. The number of hydrogen-bond donors (Lipinski definition) is 4. The second-order valence-corrected chi connectivity index (χ2v) is 10.3. The number of carboxylic acids is 3. The fourth-order valence-electron chi connectivity index (χ4n) is 5.20. The molecule has 4 N–H and O–H groups in total. The van der Waals surface area contributed by atoms with Crippen molar-refractivity contribution in [3.05, 3.63) is 96.1 Å². The molecule has 1 saturated heterocycles. The molecule has 0 aromatic heterocycles. The van der Waals surface area contributed by atoms with Crippen LogP contribution in [0.4, 0.5) is 0 Å². The number of benzene rings is 3. The van der Waals surface area contributed by atoms with Gasteiger partial charge in [0.15, 0.2) is 6.10 Å². The number of nitrogens with zero attached hydrogens (tertiary/aromatic N) is 1. The third-order valence-corrected chi connectivity index (χ3v) is 7.47. The van der Waals surface area contributed by atoms with Crippen LogP contribution in [0.2, 0.25) is 0 Å². The Kier molecular flexibility index (Phi) is 10.3. The first-order chi connectivity index (χ1) is 21.1. The van der Waals surface area contributed by atoms with Crippen LogP contribution in [0.25, 0.3) is 0 Å². The zero-order valence-corrected chi connectivity index (χ0v) is 23.8. The molecule has 0 radical (unpaired) electrons. The number of para-hydroxylation sites is 1. The molecule has 1 amide bonds. The molecule has 232 valence electrons. The van der Waals surface area contributed by atoms with Gasteiger partial charge in [-0.15, -0.1) is 0 Å². The van der Waals surface area contributed by atoms with E-state index in [0.717, 1.165) is 16.0 Å². The molecule has 44 heavy (non-hydrogen) atoms. The molecule has 12 heteroatoms. The molecule has 1 heterocycles. The Bertz CT molecular complexity index is 1430. The Morgan fingerprint density at radius 2 is 1.41 bits per heavy atom. The highest BCUT2D eigenvalue weighted by molar-refractivity contribution is 6.01. The number of ether oxygens (including phenoxy) is 3. The number of hydrogen-bond acceptors (Lipinski definition) is 8. The van der Waals surface area contributed by atoms with Gasteiger partial charge in [-0.05, 0) is 55.2 Å². The smallest absolute Gasteiger partial charge is 0.377 e. The zero-order chi connectivity index (χ0) is 31.9. The molecule has 4 atom stereocenters. The summed E-state index contributed by atoms with van der Waals surface area (Å²) >= 11 is 0. The van der Waals surface area contributed by atoms with Crippen molar-refractivity contribution in [1.29, 1.82) is 0 Å². The van der Waals surface area contributed by atoms with Crippen LogP contribution in [0, 0.1) is 0 Å². The molecule has 0 bridgehead atoms. The molecule has 4 rings (SSSR count). The van der Waals surface area contributed by atoms with Crippen LogP contribution in [0.1, 0.15) is 30.4 Å². The highest BCUT2D eigenvalue weighted by Gasteiger charge is 2.62. The topological polar surface area (TPSA) is 180 Å². The molecule has 3 aromatic carbocycles. The molecule has 0 aliphatic carbocycles. The molecule has 0 spiro atoms. The maximum absolute atomic E-state index is 13.8. The van der Waals surface area contributed by atoms with E-state index in [1.807, 2.05) is 72.8 Å². The number of aliphatic hydroxyl groups excluding tert-OH is 1. The summed E-state index contributed by atoms with van der Waals surface area (Å²) in [6.07, 6.45) is -2.51. The first kappa shape index (κ1) is 32.1. The van der Waals surface area contributed by atoms with Crippen LogP contribution in [0.5, 0.6) is 11.5 Å². The lowest BCUT2D eigenvalue weighted by atomic mass is 9.85. The van der Waals surface area contributed by atoms with E-state index in [2.05, 4.69) is 0 Å². The molecule has 12 nitrogen and oxygen atoms in total. The molecule has 1 aliphatic heterocycles. The van der Waals surface area contributed by atoms with E-state index in [9.17, 15) is 39.6 Å². The van der Waals surface area contributed by atoms with Gasteiger partial charge < -0.3 is 39.5 Å². The van der Waals surface area contributed by atoms with Crippen LogP contribution in [0.15, 0.2) is 84.9 Å². The Morgan fingerprint density at radius 3 is 1.95 bits per heavy atom. The molecular formula is C32H33NO11. The molecule has 1 fully saturated rings. The van der Waals surface area contributed by atoms with Crippen molar-refractivity contribution >= 4 is 23.8 Å². The van der Waals surface area contributed by atoms with Gasteiger partial charge >= 0.3 is 23.7 Å². The second kappa shape index (κ2) is 14.1. The molecular weight excluding hydrogens is 574 g/mol. The SMILES string of the molecule is C[C@H]([C@H](CCc1ccccc1)c1ccc(Oc2ccccc2)cc1)N(CC(=O)O)C(=O)[C@H]1OC(C(=O)O)(C(=O)O)O[C@@H]1CO. The van der Waals surface area contributed by atoms with Crippen molar-refractivity contribution in [3.8, 4) is 11.5 Å². The van der Waals surface area contributed by atoms with Crippen LogP contribution in [-0.2, 0) is 35.1 Å². The number of aryl methyl sites for hydroxylation is 1. The van der Waals surface area contributed by atoms with Gasteiger partial charge in [0.05, 0.1) is 6.61 Å². The summed E-state index contributed by atoms with van der Waals surface area (Å²) < 4.78 is 16.1. The van der Waals surface area contributed by atoms with Gasteiger partial charge in [0.1, 0.15) is 24.1 Å². The number of aliphatic hydroxyl groups is 1. The van der Waals surface area contributed by atoms with Gasteiger partial charge in [-0.2, -0.15) is 0 Å². The van der Waals surface area contributed by atoms with Gasteiger partial charge in [0, 0.05) is 12.0 Å². The van der Waals surface area contributed by atoms with Crippen molar-refractivity contribution in [2.24, 2.45) is 0 Å². The Balaban J connectivity index is 1.66. The number of rotatable bonds is 14. The van der Waals surface area contributed by atoms with Crippen LogP contribution < -0.4 is 4.74 Å². The van der Waals surface area contributed by atoms with Crippen LogP contribution in [-0.4, -0.2) is 86.3 Å². The summed E-state index contributed by atoms with van der Waals surface area (Å²) in [5.41, 5.74) is 1.79. The van der Waals surface area contributed by atoms with Crippen molar-refractivity contribution in [2.75, 3.05) is 13.2 Å². The number of aliphatic carboxylic acids is 3. The summed E-state index contributed by atoms with van der Waals surface area (Å²) in [7, 11) is 0. The Morgan fingerprint density at radius 1 is 0.841 bits per heavy atom. The van der Waals surface area contributed by atoms with E-state index in [1.54, 1.807) is 19.1 Å². The minimum Gasteiger partial charge on any atom is -0.480 e. The molecule has 0 saturated carbocycles. The average molecular weight is 608 g/mol. The lowest BCUT2D eigenvalue weighted by Crippen LogP contribution is -2.53. The van der Waals surface area contributed by atoms with Crippen molar-refractivity contribution in [2.45, 2.75) is 49.7 Å². The lowest BCUT2D eigenvalue weighted by Gasteiger charge is -2.36. The summed E-state index contributed by atoms with van der Waals surface area (Å²) in [5.74, 6) is -8.93. The number of carbonyl (C=O) groups excluding carboxylic acids is 1. The van der Waals surface area contributed by atoms with Crippen molar-refractivity contribution in [1.82, 2.24) is 4.90 Å². The highest BCUT2D eigenvalue weighted by atomic mass is 16.8. The number of carbonyl (C=O) groups is 4. The molecule has 0 unspecified atom stereocenters. The maximum atomic E-state index is 13.8. The second-order valence-electron chi connectivity index (χ2n) is 10.3. The fourth-order valence-corrected chi connectivity index (χ4v) is 5.20. The molecule has 1 aliphatic rings. The normalized spacial score (nSPS) is 18.6. The Hall–Kier alpha value is -4.78. The van der Waals surface area contributed by atoms with Crippen molar-refractivity contribution in [3.63, 3.8) is 0 Å². The van der Waals surface area contributed by atoms with Gasteiger partial charge in [-0.25, -0.2) is 9.59 Å². The lowest BCUT2D eigenvalue weighted by molar-refractivity contribution is -0.221. The summed E-state index contributed by atoms with van der Waals surface area (Å²) in [6.45, 7) is -0.104. The van der Waals surface area contributed by atoms with E-state index in [-0.39, 0.29) is 0 Å². The van der Waals surface area contributed by atoms with E-state index in [4.69, 9.17) is 14.2 Å². The van der Waals surface area contributed by atoms with Gasteiger partial charge in [-0.1, -0.05) is 60.7 Å². The first-order valence-corrected chi connectivity index (χ1v) is 13.9. The monoisotopic (exact) mass is 607 g/mol. The third-order valence-electron chi connectivity index (χ3n) is 7.47. The number of carboxylic acid groups (broad SMARTS) is 3. The summed E-state index contributed by atoms with van der Waals surface area (Å²) in [4.78, 5) is 50.4. The predicted molar refractivity (Wildman–Crippen MR) is 154 cm³/mol. The quantitative estimate of drug-likeness (QED) is 0.198. The Labute approximate surface area is 253 Å². The maximum Gasteiger partial charge on any atom is 0.377 e. The van der Waals surface area contributed by atoms with Gasteiger partial charge in [0.2, 0.25) is 0 Å². The molecule has 3 aromatic rings.